The first-order valence-electron chi connectivity index (χ1n) is 6.20. The molecule has 2 fully saturated rings. The SMILES string of the molecule is NC(=O)c1cc(Cl)ccc1N1C[C@H]2CNC[C@H]2C1. The number of nitrogens with zero attached hydrogens (tertiary/aromatic N) is 1. The molecule has 5 heteroatoms. The highest BCUT2D eigenvalue weighted by molar-refractivity contribution is 6.31. The van der Waals surface area contributed by atoms with Gasteiger partial charge >= 0.3 is 0 Å². The average molecular weight is 266 g/mol. The van der Waals surface area contributed by atoms with Crippen molar-refractivity contribution in [3.05, 3.63) is 28.8 Å². The Hall–Kier alpha value is -1.26. The van der Waals surface area contributed by atoms with Crippen LogP contribution >= 0.6 is 11.6 Å². The second-order valence-electron chi connectivity index (χ2n) is 5.11. The highest BCUT2D eigenvalue weighted by atomic mass is 35.5. The molecule has 1 aromatic carbocycles. The van der Waals surface area contributed by atoms with Crippen LogP contribution in [0.5, 0.6) is 0 Å². The van der Waals surface area contributed by atoms with Gasteiger partial charge in [0.05, 0.1) is 5.56 Å². The molecule has 0 aliphatic carbocycles. The number of anilines is 1. The average Bonchev–Trinajstić information content (AvgIpc) is 2.88. The molecule has 0 saturated carbocycles. The van der Waals surface area contributed by atoms with Gasteiger partial charge in [-0.05, 0) is 30.0 Å². The summed E-state index contributed by atoms with van der Waals surface area (Å²) in [6.45, 7) is 4.11. The molecular weight excluding hydrogens is 250 g/mol. The molecule has 1 aromatic rings. The first-order chi connectivity index (χ1) is 8.65. The zero-order valence-corrected chi connectivity index (χ0v) is 10.8. The van der Waals surface area contributed by atoms with Gasteiger partial charge in [0.2, 0.25) is 0 Å². The van der Waals surface area contributed by atoms with E-state index in [0.29, 0.717) is 22.4 Å². The zero-order chi connectivity index (χ0) is 12.7. The third-order valence-electron chi connectivity index (χ3n) is 3.95. The summed E-state index contributed by atoms with van der Waals surface area (Å²) in [6, 6.07) is 5.37. The standard InChI is InChI=1S/C13H16ClN3O/c14-10-1-2-12(11(3-10)13(15)18)17-6-8-4-16-5-9(8)7-17/h1-3,8-9,16H,4-7H2,(H2,15,18)/t8-,9+. The van der Waals surface area contributed by atoms with Gasteiger partial charge < -0.3 is 16.0 Å². The van der Waals surface area contributed by atoms with Crippen LogP contribution in [-0.2, 0) is 0 Å². The van der Waals surface area contributed by atoms with Crippen molar-refractivity contribution in [1.82, 2.24) is 5.32 Å². The molecule has 96 valence electrons. The molecular formula is C13H16ClN3O. The summed E-state index contributed by atoms with van der Waals surface area (Å²) in [6.07, 6.45) is 0. The minimum atomic E-state index is -0.414. The molecule has 2 saturated heterocycles. The van der Waals surface area contributed by atoms with E-state index in [2.05, 4.69) is 10.2 Å². The largest absolute Gasteiger partial charge is 0.370 e. The van der Waals surface area contributed by atoms with Gasteiger partial charge in [-0.15, -0.1) is 0 Å². The number of fused-ring (bicyclic) bond motifs is 1. The Morgan fingerprint density at radius 1 is 1.33 bits per heavy atom. The number of nitrogens with two attached hydrogens (primary N) is 1. The Bertz CT molecular complexity index is 479. The Morgan fingerprint density at radius 2 is 2.00 bits per heavy atom. The van der Waals surface area contributed by atoms with E-state index in [1.165, 1.54) is 0 Å². The van der Waals surface area contributed by atoms with Gasteiger partial charge in [-0.3, -0.25) is 4.79 Å². The first-order valence-corrected chi connectivity index (χ1v) is 6.58. The number of hydrogen-bond donors (Lipinski definition) is 2. The minimum absolute atomic E-state index is 0.414. The van der Waals surface area contributed by atoms with Crippen molar-refractivity contribution in [3.63, 3.8) is 0 Å². The van der Waals surface area contributed by atoms with E-state index in [4.69, 9.17) is 17.3 Å². The zero-order valence-electron chi connectivity index (χ0n) is 10.0. The van der Waals surface area contributed by atoms with E-state index in [9.17, 15) is 4.79 Å². The lowest BCUT2D eigenvalue weighted by atomic mass is 10.0. The molecule has 2 heterocycles. The number of primary amides is 1. The molecule has 4 nitrogen and oxygen atoms in total. The highest BCUT2D eigenvalue weighted by Gasteiger charge is 2.36. The second kappa shape index (κ2) is 4.44. The van der Waals surface area contributed by atoms with E-state index in [-0.39, 0.29) is 0 Å². The van der Waals surface area contributed by atoms with Gasteiger partial charge in [-0.25, -0.2) is 0 Å². The van der Waals surface area contributed by atoms with Crippen LogP contribution in [0.25, 0.3) is 0 Å². The smallest absolute Gasteiger partial charge is 0.250 e. The molecule has 1 amide bonds. The number of halogens is 1. The van der Waals surface area contributed by atoms with E-state index in [1.807, 2.05) is 12.1 Å². The lowest BCUT2D eigenvalue weighted by Gasteiger charge is -2.22. The maximum absolute atomic E-state index is 11.5. The van der Waals surface area contributed by atoms with E-state index in [0.717, 1.165) is 31.9 Å². The van der Waals surface area contributed by atoms with Crippen LogP contribution < -0.4 is 16.0 Å². The molecule has 2 aliphatic heterocycles. The predicted molar refractivity (Wildman–Crippen MR) is 72.0 cm³/mol. The highest BCUT2D eigenvalue weighted by Crippen LogP contribution is 2.33. The van der Waals surface area contributed by atoms with Gasteiger partial charge in [-0.1, -0.05) is 11.6 Å². The van der Waals surface area contributed by atoms with Crippen molar-refractivity contribution in [2.75, 3.05) is 31.1 Å². The maximum Gasteiger partial charge on any atom is 0.250 e. The molecule has 2 aliphatic rings. The van der Waals surface area contributed by atoms with Gasteiger partial charge in [0.1, 0.15) is 0 Å². The third kappa shape index (κ3) is 1.95. The molecule has 3 N–H and O–H groups in total. The summed E-state index contributed by atoms with van der Waals surface area (Å²) >= 11 is 5.93. The molecule has 18 heavy (non-hydrogen) atoms. The topological polar surface area (TPSA) is 58.4 Å². The summed E-state index contributed by atoms with van der Waals surface area (Å²) in [7, 11) is 0. The predicted octanol–water partition coefficient (Wildman–Crippen LogP) is 1.09. The van der Waals surface area contributed by atoms with Crippen molar-refractivity contribution >= 4 is 23.2 Å². The summed E-state index contributed by atoms with van der Waals surface area (Å²) in [5.74, 6) is 0.950. The summed E-state index contributed by atoms with van der Waals surface area (Å²) < 4.78 is 0. The van der Waals surface area contributed by atoms with Crippen molar-refractivity contribution in [2.45, 2.75) is 0 Å². The van der Waals surface area contributed by atoms with Crippen LogP contribution in [0.4, 0.5) is 5.69 Å². The van der Waals surface area contributed by atoms with Gasteiger partial charge in [-0.2, -0.15) is 0 Å². The van der Waals surface area contributed by atoms with Gasteiger partial charge in [0.25, 0.3) is 5.91 Å². The number of amides is 1. The van der Waals surface area contributed by atoms with Gasteiger partial charge in [0.15, 0.2) is 0 Å². The van der Waals surface area contributed by atoms with Crippen LogP contribution in [0, 0.1) is 11.8 Å². The van der Waals surface area contributed by atoms with Crippen LogP contribution in [0.1, 0.15) is 10.4 Å². The number of benzene rings is 1. The molecule has 0 spiro atoms. The summed E-state index contributed by atoms with van der Waals surface area (Å²) in [5, 5.41) is 3.95. The lowest BCUT2D eigenvalue weighted by Crippen LogP contribution is -2.27. The molecule has 0 unspecified atom stereocenters. The quantitative estimate of drug-likeness (QED) is 0.842. The lowest BCUT2D eigenvalue weighted by molar-refractivity contribution is 0.100. The summed E-state index contributed by atoms with van der Waals surface area (Å²) in [5.41, 5.74) is 6.87. The maximum atomic E-state index is 11.5. The van der Waals surface area contributed by atoms with E-state index < -0.39 is 5.91 Å². The Balaban J connectivity index is 1.90. The molecule has 2 atom stereocenters. The number of nitrogens with one attached hydrogen (secondary N) is 1. The first kappa shape index (κ1) is 11.8. The van der Waals surface area contributed by atoms with Crippen LogP contribution in [0.3, 0.4) is 0 Å². The second-order valence-corrected chi connectivity index (χ2v) is 5.55. The molecule has 0 radical (unpaired) electrons. The number of carbonyl (C=O) groups is 1. The monoisotopic (exact) mass is 265 g/mol. The van der Waals surface area contributed by atoms with Crippen LogP contribution in [0.15, 0.2) is 18.2 Å². The van der Waals surface area contributed by atoms with Gasteiger partial charge in [0, 0.05) is 36.9 Å². The fraction of sp³-hybridized carbons (Fsp3) is 0.462. The Morgan fingerprint density at radius 3 is 2.61 bits per heavy atom. The van der Waals surface area contributed by atoms with E-state index in [1.54, 1.807) is 6.07 Å². The van der Waals surface area contributed by atoms with Crippen molar-refractivity contribution in [1.29, 1.82) is 0 Å². The van der Waals surface area contributed by atoms with Crippen LogP contribution in [-0.4, -0.2) is 32.1 Å². The van der Waals surface area contributed by atoms with E-state index >= 15 is 0 Å². The van der Waals surface area contributed by atoms with Crippen LogP contribution in [0.2, 0.25) is 5.02 Å². The minimum Gasteiger partial charge on any atom is -0.370 e. The molecule has 0 bridgehead atoms. The molecule has 3 rings (SSSR count). The number of rotatable bonds is 2. The summed E-state index contributed by atoms with van der Waals surface area (Å²) in [4.78, 5) is 13.8. The Kier molecular flexibility index (Phi) is 2.92. The van der Waals surface area contributed by atoms with Crippen molar-refractivity contribution < 1.29 is 4.79 Å². The normalized spacial score (nSPS) is 26.4. The van der Waals surface area contributed by atoms with Crippen molar-refractivity contribution in [3.8, 4) is 0 Å². The third-order valence-corrected chi connectivity index (χ3v) is 4.19. The molecule has 0 aromatic heterocycles. The number of carbonyl (C=O) groups excluding carboxylic acids is 1. The number of hydrogen-bond acceptors (Lipinski definition) is 3. The fourth-order valence-electron chi connectivity index (χ4n) is 3.03. The Labute approximate surface area is 111 Å². The van der Waals surface area contributed by atoms with Crippen molar-refractivity contribution in [2.24, 2.45) is 17.6 Å². The fourth-order valence-corrected chi connectivity index (χ4v) is 3.21.